The number of ether oxygens (including phenoxy) is 1. The van der Waals surface area contributed by atoms with E-state index in [2.05, 4.69) is 19.2 Å². The van der Waals surface area contributed by atoms with Crippen LogP contribution in [-0.4, -0.2) is 31.6 Å². The topological polar surface area (TPSA) is 38.3 Å². The maximum atomic E-state index is 11.8. The van der Waals surface area contributed by atoms with E-state index in [1.807, 2.05) is 0 Å². The van der Waals surface area contributed by atoms with Crippen LogP contribution in [-0.2, 0) is 9.53 Å². The Bertz CT molecular complexity index is 172. The van der Waals surface area contributed by atoms with Crippen molar-refractivity contribution < 1.29 is 9.53 Å². The van der Waals surface area contributed by atoms with E-state index in [0.717, 1.165) is 26.0 Å². The van der Waals surface area contributed by atoms with E-state index in [1.165, 1.54) is 0 Å². The summed E-state index contributed by atoms with van der Waals surface area (Å²) in [5.74, 6) is 0.865. The van der Waals surface area contributed by atoms with Crippen LogP contribution in [0, 0.1) is 5.92 Å². The lowest BCUT2D eigenvalue weighted by atomic mass is 9.94. The molecule has 0 radical (unpaired) electrons. The van der Waals surface area contributed by atoms with Gasteiger partial charge < -0.3 is 10.1 Å². The highest BCUT2D eigenvalue weighted by atomic mass is 16.5. The summed E-state index contributed by atoms with van der Waals surface area (Å²) in [6, 6.07) is -0.0515. The van der Waals surface area contributed by atoms with Crippen LogP contribution in [0.4, 0.5) is 0 Å². The molecule has 0 saturated carbocycles. The lowest BCUT2D eigenvalue weighted by Gasteiger charge is -2.24. The zero-order valence-electron chi connectivity index (χ0n) is 9.21. The van der Waals surface area contributed by atoms with Crippen LogP contribution >= 0.6 is 0 Å². The van der Waals surface area contributed by atoms with E-state index in [1.54, 1.807) is 0 Å². The molecule has 0 aromatic rings. The highest BCUT2D eigenvalue weighted by molar-refractivity contribution is 5.84. The van der Waals surface area contributed by atoms with E-state index >= 15 is 0 Å². The summed E-state index contributed by atoms with van der Waals surface area (Å²) in [6.45, 7) is 6.38. The molecule has 0 amide bonds. The summed E-state index contributed by atoms with van der Waals surface area (Å²) >= 11 is 0. The molecule has 0 bridgehead atoms. The SMILES string of the molecule is CCC(CC)CC(=O)C1COCCN1. The van der Waals surface area contributed by atoms with Crippen molar-refractivity contribution >= 4 is 5.78 Å². The van der Waals surface area contributed by atoms with Crippen LogP contribution in [0.5, 0.6) is 0 Å². The van der Waals surface area contributed by atoms with Gasteiger partial charge in [0.2, 0.25) is 0 Å². The molecule has 0 aromatic carbocycles. The summed E-state index contributed by atoms with van der Waals surface area (Å²) in [5, 5.41) is 3.20. The normalized spacial score (nSPS) is 22.6. The number of morpholine rings is 1. The summed E-state index contributed by atoms with van der Waals surface area (Å²) in [4.78, 5) is 11.8. The molecule has 1 rings (SSSR count). The summed E-state index contributed by atoms with van der Waals surface area (Å²) < 4.78 is 5.27. The van der Waals surface area contributed by atoms with Crippen molar-refractivity contribution in [1.82, 2.24) is 5.32 Å². The first-order valence-electron chi connectivity index (χ1n) is 5.61. The quantitative estimate of drug-likeness (QED) is 0.726. The Kier molecular flexibility index (Phi) is 5.12. The third kappa shape index (κ3) is 3.39. The van der Waals surface area contributed by atoms with Crippen LogP contribution in [0.2, 0.25) is 0 Å². The lowest BCUT2D eigenvalue weighted by Crippen LogP contribution is -2.46. The smallest absolute Gasteiger partial charge is 0.152 e. The molecule has 1 heterocycles. The minimum absolute atomic E-state index is 0.0515. The minimum atomic E-state index is -0.0515. The molecule has 3 nitrogen and oxygen atoms in total. The number of ketones is 1. The Labute approximate surface area is 86.2 Å². The van der Waals surface area contributed by atoms with Gasteiger partial charge in [-0.2, -0.15) is 0 Å². The van der Waals surface area contributed by atoms with Crippen LogP contribution in [0.25, 0.3) is 0 Å². The number of carbonyl (C=O) groups is 1. The average molecular weight is 199 g/mol. The fourth-order valence-corrected chi connectivity index (χ4v) is 1.78. The van der Waals surface area contributed by atoms with E-state index < -0.39 is 0 Å². The number of nitrogens with one attached hydrogen (secondary N) is 1. The predicted octanol–water partition coefficient (Wildman–Crippen LogP) is 1.37. The second kappa shape index (κ2) is 6.14. The molecule has 1 N–H and O–H groups in total. The molecule has 82 valence electrons. The van der Waals surface area contributed by atoms with E-state index in [9.17, 15) is 4.79 Å². The molecule has 0 aromatic heterocycles. The van der Waals surface area contributed by atoms with Crippen LogP contribution in [0.1, 0.15) is 33.1 Å². The van der Waals surface area contributed by atoms with Gasteiger partial charge in [-0.15, -0.1) is 0 Å². The van der Waals surface area contributed by atoms with Gasteiger partial charge in [-0.25, -0.2) is 0 Å². The molecule has 1 aliphatic rings. The Hall–Kier alpha value is -0.410. The Morgan fingerprint density at radius 1 is 1.50 bits per heavy atom. The fourth-order valence-electron chi connectivity index (χ4n) is 1.78. The van der Waals surface area contributed by atoms with Gasteiger partial charge in [0, 0.05) is 13.0 Å². The molecule has 14 heavy (non-hydrogen) atoms. The van der Waals surface area contributed by atoms with E-state index in [-0.39, 0.29) is 6.04 Å². The first kappa shape index (κ1) is 11.7. The fraction of sp³-hybridized carbons (Fsp3) is 0.909. The predicted molar refractivity (Wildman–Crippen MR) is 56.3 cm³/mol. The first-order valence-corrected chi connectivity index (χ1v) is 5.61. The van der Waals surface area contributed by atoms with Gasteiger partial charge in [-0.3, -0.25) is 4.79 Å². The second-order valence-corrected chi connectivity index (χ2v) is 3.93. The monoisotopic (exact) mass is 199 g/mol. The third-order valence-electron chi connectivity index (χ3n) is 2.95. The zero-order valence-corrected chi connectivity index (χ0v) is 9.21. The molecule has 0 spiro atoms. The summed E-state index contributed by atoms with van der Waals surface area (Å²) in [5.41, 5.74) is 0. The van der Waals surface area contributed by atoms with Gasteiger partial charge in [0.15, 0.2) is 5.78 Å². The molecular formula is C11H21NO2. The molecular weight excluding hydrogens is 178 g/mol. The van der Waals surface area contributed by atoms with Crippen LogP contribution in [0.15, 0.2) is 0 Å². The molecule has 1 unspecified atom stereocenters. The summed E-state index contributed by atoms with van der Waals surface area (Å²) in [7, 11) is 0. The van der Waals surface area contributed by atoms with Crippen molar-refractivity contribution in [3.8, 4) is 0 Å². The van der Waals surface area contributed by atoms with Crippen molar-refractivity contribution in [3.63, 3.8) is 0 Å². The minimum Gasteiger partial charge on any atom is -0.378 e. The molecule has 1 fully saturated rings. The van der Waals surface area contributed by atoms with Gasteiger partial charge >= 0.3 is 0 Å². The van der Waals surface area contributed by atoms with E-state index in [4.69, 9.17) is 4.74 Å². The highest BCUT2D eigenvalue weighted by Crippen LogP contribution is 2.14. The standard InChI is InChI=1S/C11H21NO2/c1-3-9(4-2)7-11(13)10-8-14-6-5-12-10/h9-10,12H,3-8H2,1-2H3. The Morgan fingerprint density at radius 3 is 2.71 bits per heavy atom. The first-order chi connectivity index (χ1) is 6.77. The van der Waals surface area contributed by atoms with Crippen molar-refractivity contribution in [2.75, 3.05) is 19.8 Å². The van der Waals surface area contributed by atoms with Gasteiger partial charge in [-0.05, 0) is 5.92 Å². The maximum Gasteiger partial charge on any atom is 0.152 e. The van der Waals surface area contributed by atoms with Crippen molar-refractivity contribution in [2.45, 2.75) is 39.2 Å². The third-order valence-corrected chi connectivity index (χ3v) is 2.95. The molecule has 1 atom stereocenters. The highest BCUT2D eigenvalue weighted by Gasteiger charge is 2.22. The van der Waals surface area contributed by atoms with Gasteiger partial charge in [0.25, 0.3) is 0 Å². The van der Waals surface area contributed by atoms with E-state index in [0.29, 0.717) is 24.7 Å². The average Bonchev–Trinajstić information content (AvgIpc) is 2.26. The van der Waals surface area contributed by atoms with Crippen molar-refractivity contribution in [3.05, 3.63) is 0 Å². The van der Waals surface area contributed by atoms with Crippen LogP contribution in [0.3, 0.4) is 0 Å². The Morgan fingerprint density at radius 2 is 2.21 bits per heavy atom. The largest absolute Gasteiger partial charge is 0.378 e. The van der Waals surface area contributed by atoms with Crippen molar-refractivity contribution in [2.24, 2.45) is 5.92 Å². The van der Waals surface area contributed by atoms with Gasteiger partial charge in [0.05, 0.1) is 19.3 Å². The second-order valence-electron chi connectivity index (χ2n) is 3.93. The molecule has 3 heteroatoms. The number of hydrogen-bond acceptors (Lipinski definition) is 3. The number of hydrogen-bond donors (Lipinski definition) is 1. The molecule has 1 aliphatic heterocycles. The number of carbonyl (C=O) groups excluding carboxylic acids is 1. The van der Waals surface area contributed by atoms with Gasteiger partial charge in [-0.1, -0.05) is 26.7 Å². The maximum absolute atomic E-state index is 11.8. The zero-order chi connectivity index (χ0) is 10.4. The van der Waals surface area contributed by atoms with Gasteiger partial charge in [0.1, 0.15) is 0 Å². The molecule has 1 saturated heterocycles. The van der Waals surface area contributed by atoms with Crippen molar-refractivity contribution in [1.29, 1.82) is 0 Å². The molecule has 0 aliphatic carbocycles. The Balaban J connectivity index is 2.32. The summed E-state index contributed by atoms with van der Waals surface area (Å²) in [6.07, 6.45) is 2.89. The lowest BCUT2D eigenvalue weighted by molar-refractivity contribution is -0.124. The van der Waals surface area contributed by atoms with Crippen LogP contribution < -0.4 is 5.32 Å². The number of rotatable bonds is 5. The number of Topliss-reactive ketones (excluding diaryl/α,β-unsaturated/α-hetero) is 1.